The van der Waals surface area contributed by atoms with Gasteiger partial charge < -0.3 is 9.84 Å². The number of rotatable bonds is 3. The Morgan fingerprint density at radius 1 is 1.14 bits per heavy atom. The molecule has 3 aromatic rings. The van der Waals surface area contributed by atoms with Crippen molar-refractivity contribution in [3.8, 4) is 11.5 Å². The molecule has 0 bridgehead atoms. The minimum absolute atomic E-state index is 0.0891. The number of hydrogen-bond acceptors (Lipinski definition) is 4. The molecule has 0 radical (unpaired) electrons. The van der Waals surface area contributed by atoms with Gasteiger partial charge in [0, 0.05) is 23.4 Å². The van der Waals surface area contributed by atoms with Gasteiger partial charge in [-0.05, 0) is 36.4 Å². The molecule has 1 aromatic heterocycles. The van der Waals surface area contributed by atoms with Crippen LogP contribution in [0.25, 0.3) is 10.9 Å². The monoisotopic (exact) mass is 278 g/mol. The van der Waals surface area contributed by atoms with Crippen LogP contribution in [0.2, 0.25) is 0 Å². The molecule has 1 heterocycles. The molecule has 0 saturated heterocycles. The van der Waals surface area contributed by atoms with Crippen LogP contribution in [0.3, 0.4) is 0 Å². The van der Waals surface area contributed by atoms with Gasteiger partial charge in [-0.3, -0.25) is 9.98 Å². The van der Waals surface area contributed by atoms with Crippen molar-refractivity contribution in [2.75, 3.05) is 7.11 Å². The summed E-state index contributed by atoms with van der Waals surface area (Å²) in [7, 11) is 1.52. The second kappa shape index (κ2) is 5.63. The van der Waals surface area contributed by atoms with Crippen molar-refractivity contribution in [3.63, 3.8) is 0 Å². The maximum atomic E-state index is 10.0. The van der Waals surface area contributed by atoms with E-state index in [1.807, 2.05) is 36.4 Å². The quantitative estimate of drug-likeness (QED) is 0.743. The van der Waals surface area contributed by atoms with Crippen molar-refractivity contribution in [3.05, 3.63) is 60.3 Å². The summed E-state index contributed by atoms with van der Waals surface area (Å²) < 4.78 is 5.08. The highest BCUT2D eigenvalue weighted by molar-refractivity contribution is 5.88. The van der Waals surface area contributed by atoms with Gasteiger partial charge in [0.15, 0.2) is 11.5 Å². The summed E-state index contributed by atoms with van der Waals surface area (Å²) in [5, 5.41) is 11.0. The van der Waals surface area contributed by atoms with Crippen LogP contribution in [-0.2, 0) is 0 Å². The number of hydrogen-bond donors (Lipinski definition) is 1. The first-order chi connectivity index (χ1) is 10.3. The molecule has 0 saturated carbocycles. The number of fused-ring (bicyclic) bond motifs is 1. The number of benzene rings is 2. The zero-order chi connectivity index (χ0) is 14.7. The summed E-state index contributed by atoms with van der Waals surface area (Å²) in [5.41, 5.74) is 2.35. The van der Waals surface area contributed by atoms with Crippen molar-refractivity contribution in [2.24, 2.45) is 4.99 Å². The summed E-state index contributed by atoms with van der Waals surface area (Å²) in [6.07, 6.45) is 3.38. The van der Waals surface area contributed by atoms with E-state index in [-0.39, 0.29) is 5.75 Å². The highest BCUT2D eigenvalue weighted by Gasteiger charge is 2.04. The lowest BCUT2D eigenvalue weighted by atomic mass is 10.2. The van der Waals surface area contributed by atoms with Crippen molar-refractivity contribution in [1.29, 1.82) is 0 Å². The topological polar surface area (TPSA) is 54.7 Å². The zero-order valence-electron chi connectivity index (χ0n) is 11.5. The molecule has 0 aliphatic rings. The Hall–Kier alpha value is -2.88. The average Bonchev–Trinajstić information content (AvgIpc) is 2.54. The second-order valence-electron chi connectivity index (χ2n) is 4.54. The Kier molecular flexibility index (Phi) is 3.51. The van der Waals surface area contributed by atoms with E-state index in [0.29, 0.717) is 11.3 Å². The molecule has 0 aliphatic carbocycles. The van der Waals surface area contributed by atoms with Crippen LogP contribution >= 0.6 is 0 Å². The molecule has 2 aromatic carbocycles. The van der Waals surface area contributed by atoms with E-state index in [2.05, 4.69) is 9.98 Å². The van der Waals surface area contributed by atoms with E-state index in [0.717, 1.165) is 16.6 Å². The fourth-order valence-corrected chi connectivity index (χ4v) is 2.10. The Bertz CT molecular complexity index is 813. The molecule has 0 aliphatic heterocycles. The Morgan fingerprint density at radius 2 is 2.05 bits per heavy atom. The first kappa shape index (κ1) is 13.1. The number of nitrogens with zero attached hydrogens (tertiary/aromatic N) is 2. The number of pyridine rings is 1. The number of aromatic hydroxyl groups is 1. The molecule has 3 rings (SSSR count). The predicted molar refractivity (Wildman–Crippen MR) is 83.7 cm³/mol. The van der Waals surface area contributed by atoms with Crippen molar-refractivity contribution >= 4 is 22.8 Å². The number of aliphatic imine (C=N–C) groups is 1. The molecule has 0 fully saturated rings. The van der Waals surface area contributed by atoms with Crippen LogP contribution in [0.5, 0.6) is 11.5 Å². The van der Waals surface area contributed by atoms with E-state index in [4.69, 9.17) is 4.74 Å². The van der Waals surface area contributed by atoms with Crippen LogP contribution in [0.4, 0.5) is 5.69 Å². The summed E-state index contributed by atoms with van der Waals surface area (Å²) in [4.78, 5) is 8.66. The number of phenolic OH excluding ortho intramolecular Hbond substituents is 1. The molecule has 104 valence electrons. The van der Waals surface area contributed by atoms with Gasteiger partial charge in [-0.2, -0.15) is 0 Å². The predicted octanol–water partition coefficient (Wildman–Crippen LogP) is 3.70. The Morgan fingerprint density at radius 3 is 2.90 bits per heavy atom. The maximum Gasteiger partial charge on any atom is 0.166 e. The molecule has 0 spiro atoms. The van der Waals surface area contributed by atoms with Gasteiger partial charge in [0.25, 0.3) is 0 Å². The van der Waals surface area contributed by atoms with Gasteiger partial charge in [0.1, 0.15) is 0 Å². The number of ether oxygens (including phenoxy) is 1. The molecule has 4 heteroatoms. The number of phenols is 1. The van der Waals surface area contributed by atoms with Crippen molar-refractivity contribution in [2.45, 2.75) is 0 Å². The van der Waals surface area contributed by atoms with Crippen molar-refractivity contribution in [1.82, 2.24) is 4.98 Å². The fourth-order valence-electron chi connectivity index (χ4n) is 2.10. The lowest BCUT2D eigenvalue weighted by molar-refractivity contribution is 0.373. The van der Waals surface area contributed by atoms with E-state index < -0.39 is 0 Å². The zero-order valence-corrected chi connectivity index (χ0v) is 11.5. The SMILES string of the molecule is COc1cccc(C=Nc2ccc3ncccc3c2)c1O. The van der Waals surface area contributed by atoms with Gasteiger partial charge in [0.05, 0.1) is 18.3 Å². The number of para-hydroxylation sites is 1. The first-order valence-corrected chi connectivity index (χ1v) is 6.53. The summed E-state index contributed by atoms with van der Waals surface area (Å²) in [5.74, 6) is 0.521. The maximum absolute atomic E-state index is 10.0. The first-order valence-electron chi connectivity index (χ1n) is 6.53. The lowest BCUT2D eigenvalue weighted by Crippen LogP contribution is -1.88. The van der Waals surface area contributed by atoms with E-state index in [9.17, 15) is 5.11 Å². The van der Waals surface area contributed by atoms with Crippen molar-refractivity contribution < 1.29 is 9.84 Å². The minimum Gasteiger partial charge on any atom is -0.504 e. The van der Waals surface area contributed by atoms with Gasteiger partial charge in [-0.25, -0.2) is 0 Å². The van der Waals surface area contributed by atoms with Gasteiger partial charge in [-0.1, -0.05) is 12.1 Å². The van der Waals surface area contributed by atoms with Crippen LogP contribution in [-0.4, -0.2) is 23.4 Å². The molecule has 0 amide bonds. The normalized spacial score (nSPS) is 11.1. The summed E-state index contributed by atoms with van der Waals surface area (Å²) >= 11 is 0. The second-order valence-corrected chi connectivity index (χ2v) is 4.54. The smallest absolute Gasteiger partial charge is 0.166 e. The Labute approximate surface area is 122 Å². The van der Waals surface area contributed by atoms with Gasteiger partial charge in [0.2, 0.25) is 0 Å². The third kappa shape index (κ3) is 2.69. The van der Waals surface area contributed by atoms with Crippen LogP contribution < -0.4 is 4.74 Å². The highest BCUT2D eigenvalue weighted by atomic mass is 16.5. The molecular weight excluding hydrogens is 264 g/mol. The van der Waals surface area contributed by atoms with Crippen LogP contribution in [0.1, 0.15) is 5.56 Å². The lowest BCUT2D eigenvalue weighted by Gasteiger charge is -2.05. The largest absolute Gasteiger partial charge is 0.504 e. The summed E-state index contributed by atoms with van der Waals surface area (Å²) in [6.45, 7) is 0. The third-order valence-electron chi connectivity index (χ3n) is 3.19. The minimum atomic E-state index is 0.0891. The molecule has 0 atom stereocenters. The third-order valence-corrected chi connectivity index (χ3v) is 3.19. The van der Waals surface area contributed by atoms with Crippen LogP contribution in [0.15, 0.2) is 59.7 Å². The Balaban J connectivity index is 1.94. The molecular formula is C17H14N2O2. The van der Waals surface area contributed by atoms with Crippen LogP contribution in [0, 0.1) is 0 Å². The standard InChI is InChI=1S/C17H14N2O2/c1-21-16-6-2-4-13(17(16)20)11-19-14-7-8-15-12(10-14)5-3-9-18-15/h2-11,20H,1H3. The molecule has 0 unspecified atom stereocenters. The van der Waals surface area contributed by atoms with E-state index in [1.165, 1.54) is 7.11 Å². The highest BCUT2D eigenvalue weighted by Crippen LogP contribution is 2.28. The molecule has 21 heavy (non-hydrogen) atoms. The molecule has 4 nitrogen and oxygen atoms in total. The molecule has 1 N–H and O–H groups in total. The number of aromatic nitrogens is 1. The average molecular weight is 278 g/mol. The number of methoxy groups -OCH3 is 1. The van der Waals surface area contributed by atoms with Gasteiger partial charge in [-0.15, -0.1) is 0 Å². The van der Waals surface area contributed by atoms with E-state index in [1.54, 1.807) is 24.5 Å². The van der Waals surface area contributed by atoms with E-state index >= 15 is 0 Å². The fraction of sp³-hybridized carbons (Fsp3) is 0.0588. The van der Waals surface area contributed by atoms with Gasteiger partial charge >= 0.3 is 0 Å². The summed E-state index contributed by atoms with van der Waals surface area (Å²) in [6, 6.07) is 14.9.